The van der Waals surface area contributed by atoms with Gasteiger partial charge in [-0.25, -0.2) is 0 Å². The van der Waals surface area contributed by atoms with Gasteiger partial charge in [-0.1, -0.05) is 61.0 Å². The summed E-state index contributed by atoms with van der Waals surface area (Å²) in [4.78, 5) is 12.4. The predicted octanol–water partition coefficient (Wildman–Crippen LogP) is 5.69. The maximum Gasteiger partial charge on any atom is 0.234 e. The van der Waals surface area contributed by atoms with Crippen molar-refractivity contribution in [3.8, 4) is 5.75 Å². The number of nitrogens with zero attached hydrogens (tertiary/aromatic N) is 3. The van der Waals surface area contributed by atoms with E-state index in [4.69, 9.17) is 16.3 Å². The quantitative estimate of drug-likeness (QED) is 0.288. The van der Waals surface area contributed by atoms with Gasteiger partial charge in [0.15, 0.2) is 11.0 Å². The van der Waals surface area contributed by atoms with E-state index in [9.17, 15) is 4.79 Å². The molecule has 0 unspecified atom stereocenters. The van der Waals surface area contributed by atoms with Gasteiger partial charge in [-0.15, -0.1) is 16.8 Å². The number of nitrogens with one attached hydrogen (secondary N) is 1. The molecule has 0 aliphatic rings. The first-order valence-electron chi connectivity index (χ1n) is 10.4. The van der Waals surface area contributed by atoms with Crippen LogP contribution >= 0.6 is 23.4 Å². The van der Waals surface area contributed by atoms with Crippen molar-refractivity contribution in [1.29, 1.82) is 0 Å². The van der Waals surface area contributed by atoms with E-state index >= 15 is 0 Å². The molecule has 0 saturated carbocycles. The van der Waals surface area contributed by atoms with Gasteiger partial charge in [-0.05, 0) is 48.7 Å². The van der Waals surface area contributed by atoms with Crippen molar-refractivity contribution >= 4 is 35.0 Å². The Hall–Kier alpha value is -2.77. The number of amides is 1. The Labute approximate surface area is 198 Å². The van der Waals surface area contributed by atoms with Crippen molar-refractivity contribution < 1.29 is 9.53 Å². The number of anilines is 1. The molecule has 32 heavy (non-hydrogen) atoms. The van der Waals surface area contributed by atoms with Crippen molar-refractivity contribution in [2.75, 3.05) is 11.1 Å². The normalized spacial score (nSPS) is 10.7. The van der Waals surface area contributed by atoms with Gasteiger partial charge in [0.25, 0.3) is 0 Å². The van der Waals surface area contributed by atoms with E-state index < -0.39 is 0 Å². The number of carbonyl (C=O) groups excluding carboxylic acids is 1. The summed E-state index contributed by atoms with van der Waals surface area (Å²) < 4.78 is 7.80. The Bertz CT molecular complexity index is 1070. The minimum absolute atomic E-state index is 0.140. The van der Waals surface area contributed by atoms with Crippen LogP contribution in [0.25, 0.3) is 0 Å². The molecule has 0 aliphatic carbocycles. The molecule has 0 bridgehead atoms. The summed E-state index contributed by atoms with van der Waals surface area (Å²) in [5, 5.41) is 12.6. The third-order valence-electron chi connectivity index (χ3n) is 4.81. The number of hydrogen-bond acceptors (Lipinski definition) is 5. The molecule has 0 fully saturated rings. The van der Waals surface area contributed by atoms with E-state index in [0.717, 1.165) is 24.2 Å². The number of benzene rings is 2. The molecular formula is C24H27ClN4O2S. The number of carbonyl (C=O) groups is 1. The second-order valence-corrected chi connectivity index (χ2v) is 8.58. The Morgan fingerprint density at radius 2 is 2.03 bits per heavy atom. The number of thioether (sulfide) groups is 1. The molecular weight excluding hydrogens is 444 g/mol. The van der Waals surface area contributed by atoms with Crippen molar-refractivity contribution in [3.63, 3.8) is 0 Å². The maximum atomic E-state index is 12.4. The predicted molar refractivity (Wildman–Crippen MR) is 131 cm³/mol. The molecule has 0 atom stereocenters. The van der Waals surface area contributed by atoms with Crippen LogP contribution in [-0.2, 0) is 24.4 Å². The summed E-state index contributed by atoms with van der Waals surface area (Å²) >= 11 is 7.44. The van der Waals surface area contributed by atoms with Gasteiger partial charge in [0.05, 0.1) is 5.75 Å². The fourth-order valence-corrected chi connectivity index (χ4v) is 4.03. The Kier molecular flexibility index (Phi) is 8.76. The molecule has 1 aromatic heterocycles. The van der Waals surface area contributed by atoms with E-state index in [0.29, 0.717) is 28.2 Å². The van der Waals surface area contributed by atoms with Crippen molar-refractivity contribution in [2.45, 2.75) is 45.0 Å². The molecule has 3 rings (SSSR count). The molecule has 8 heteroatoms. The number of halogens is 1. The van der Waals surface area contributed by atoms with Crippen LogP contribution in [0.3, 0.4) is 0 Å². The van der Waals surface area contributed by atoms with E-state index in [1.54, 1.807) is 12.1 Å². The molecule has 0 spiro atoms. The van der Waals surface area contributed by atoms with E-state index in [-0.39, 0.29) is 18.3 Å². The minimum atomic E-state index is -0.140. The Morgan fingerprint density at radius 3 is 2.75 bits per heavy atom. The first kappa shape index (κ1) is 23.9. The molecule has 1 N–H and O–H groups in total. The van der Waals surface area contributed by atoms with Gasteiger partial charge in [-0.2, -0.15) is 0 Å². The summed E-state index contributed by atoms with van der Waals surface area (Å²) in [6.07, 6.45) is 3.94. The second-order valence-electron chi connectivity index (χ2n) is 7.23. The highest BCUT2D eigenvalue weighted by Gasteiger charge is 2.15. The summed E-state index contributed by atoms with van der Waals surface area (Å²) in [5.41, 5.74) is 2.83. The van der Waals surface area contributed by atoms with Crippen LogP contribution in [0, 0.1) is 6.92 Å². The summed E-state index contributed by atoms with van der Waals surface area (Å²) in [6, 6.07) is 13.5. The fourth-order valence-electron chi connectivity index (χ4n) is 3.09. The molecule has 168 valence electrons. The lowest BCUT2D eigenvalue weighted by molar-refractivity contribution is -0.113. The maximum absolute atomic E-state index is 12.4. The van der Waals surface area contributed by atoms with Gasteiger partial charge >= 0.3 is 0 Å². The monoisotopic (exact) mass is 470 g/mol. The Morgan fingerprint density at radius 1 is 1.25 bits per heavy atom. The molecule has 0 aliphatic heterocycles. The molecule has 1 heterocycles. The van der Waals surface area contributed by atoms with Crippen LogP contribution < -0.4 is 10.1 Å². The van der Waals surface area contributed by atoms with Crippen LogP contribution in [0.4, 0.5) is 5.69 Å². The average Bonchev–Trinajstić information content (AvgIpc) is 3.17. The van der Waals surface area contributed by atoms with Crippen LogP contribution in [0.2, 0.25) is 5.02 Å². The highest BCUT2D eigenvalue weighted by molar-refractivity contribution is 7.99. The molecule has 0 saturated heterocycles. The fraction of sp³-hybridized carbons (Fsp3) is 0.292. The summed E-state index contributed by atoms with van der Waals surface area (Å²) in [6.45, 7) is 8.65. The molecule has 0 radical (unpaired) electrons. The smallest absolute Gasteiger partial charge is 0.234 e. The SMILES string of the molecule is C=CCn1c(COc2ccc(CCC)cc2)nnc1SCC(=O)Nc1cccc(Cl)c1C. The minimum Gasteiger partial charge on any atom is -0.486 e. The molecule has 2 aromatic carbocycles. The van der Waals surface area contributed by atoms with E-state index in [1.165, 1.54) is 17.3 Å². The van der Waals surface area contributed by atoms with Gasteiger partial charge < -0.3 is 10.1 Å². The second kappa shape index (κ2) is 11.7. The van der Waals surface area contributed by atoms with Crippen molar-refractivity contribution in [3.05, 3.63) is 77.1 Å². The summed E-state index contributed by atoms with van der Waals surface area (Å²) in [5.74, 6) is 1.51. The number of aromatic nitrogens is 3. The lowest BCUT2D eigenvalue weighted by Gasteiger charge is -2.11. The van der Waals surface area contributed by atoms with Crippen LogP contribution in [0.1, 0.15) is 30.3 Å². The molecule has 1 amide bonds. The highest BCUT2D eigenvalue weighted by atomic mass is 35.5. The zero-order chi connectivity index (χ0) is 22.9. The third-order valence-corrected chi connectivity index (χ3v) is 6.19. The van der Waals surface area contributed by atoms with Gasteiger partial charge in [0, 0.05) is 17.3 Å². The lowest BCUT2D eigenvalue weighted by atomic mass is 10.1. The highest BCUT2D eigenvalue weighted by Crippen LogP contribution is 2.24. The zero-order valence-corrected chi connectivity index (χ0v) is 19.9. The lowest BCUT2D eigenvalue weighted by Crippen LogP contribution is -2.15. The number of hydrogen-bond donors (Lipinski definition) is 1. The van der Waals surface area contributed by atoms with Gasteiger partial charge in [0.1, 0.15) is 12.4 Å². The largest absolute Gasteiger partial charge is 0.486 e. The first-order chi connectivity index (χ1) is 15.5. The van der Waals surface area contributed by atoms with Crippen LogP contribution in [0.5, 0.6) is 5.75 Å². The molecule has 6 nitrogen and oxygen atoms in total. The van der Waals surface area contributed by atoms with Gasteiger partial charge in [-0.3, -0.25) is 9.36 Å². The van der Waals surface area contributed by atoms with E-state index in [1.807, 2.05) is 35.8 Å². The topological polar surface area (TPSA) is 69.0 Å². The number of rotatable bonds is 11. The Balaban J connectivity index is 1.60. The standard InChI is InChI=1S/C24H27ClN4O2S/c1-4-7-18-10-12-19(13-11-18)31-15-22-27-28-24(29(22)14-5-2)32-16-23(30)26-21-9-6-8-20(25)17(21)3/h5-6,8-13H,2,4,7,14-16H2,1,3H3,(H,26,30). The average molecular weight is 471 g/mol. The van der Waals surface area contributed by atoms with Crippen molar-refractivity contribution in [1.82, 2.24) is 14.8 Å². The number of aryl methyl sites for hydroxylation is 1. The first-order valence-corrected chi connectivity index (χ1v) is 11.8. The zero-order valence-electron chi connectivity index (χ0n) is 18.3. The number of allylic oxidation sites excluding steroid dienone is 1. The van der Waals surface area contributed by atoms with Gasteiger partial charge in [0.2, 0.25) is 5.91 Å². The molecule has 3 aromatic rings. The number of ether oxygens (including phenoxy) is 1. The van der Waals surface area contributed by atoms with Crippen LogP contribution in [-0.4, -0.2) is 26.4 Å². The summed E-state index contributed by atoms with van der Waals surface area (Å²) in [7, 11) is 0. The van der Waals surface area contributed by atoms with Crippen molar-refractivity contribution in [2.24, 2.45) is 0 Å². The third kappa shape index (κ3) is 6.37. The van der Waals surface area contributed by atoms with E-state index in [2.05, 4.69) is 41.1 Å². The van der Waals surface area contributed by atoms with Crippen LogP contribution in [0.15, 0.2) is 60.3 Å².